The third-order valence-corrected chi connectivity index (χ3v) is 6.61. The second kappa shape index (κ2) is 9.42. The molecule has 4 heterocycles. The molecule has 0 aliphatic carbocycles. The van der Waals surface area contributed by atoms with Crippen LogP contribution in [0.4, 0.5) is 16.2 Å². The molecule has 1 fully saturated rings. The fourth-order valence-corrected chi connectivity index (χ4v) is 4.57. The zero-order chi connectivity index (χ0) is 23.7. The van der Waals surface area contributed by atoms with E-state index in [-0.39, 0.29) is 17.9 Å². The van der Waals surface area contributed by atoms with E-state index in [9.17, 15) is 9.18 Å². The van der Waals surface area contributed by atoms with E-state index in [0.29, 0.717) is 36.6 Å². The van der Waals surface area contributed by atoms with Crippen molar-refractivity contribution in [1.82, 2.24) is 19.4 Å². The monoisotopic (exact) mass is 464 g/mol. The van der Waals surface area contributed by atoms with Crippen molar-refractivity contribution < 1.29 is 9.13 Å². The second-order valence-corrected chi connectivity index (χ2v) is 8.69. The van der Waals surface area contributed by atoms with E-state index >= 15 is 0 Å². The molecule has 2 aliphatic heterocycles. The first-order valence-electron chi connectivity index (χ1n) is 11.7. The van der Waals surface area contributed by atoms with Crippen molar-refractivity contribution in [2.24, 2.45) is 0 Å². The van der Waals surface area contributed by atoms with Gasteiger partial charge in [0.2, 0.25) is 5.95 Å². The number of anilines is 2. The van der Waals surface area contributed by atoms with Crippen molar-refractivity contribution in [1.29, 1.82) is 0 Å². The van der Waals surface area contributed by atoms with Crippen LogP contribution in [0.3, 0.4) is 0 Å². The lowest BCUT2D eigenvalue weighted by atomic mass is 10.0. The van der Waals surface area contributed by atoms with Crippen molar-refractivity contribution in [3.8, 4) is 16.9 Å². The van der Waals surface area contributed by atoms with Crippen LogP contribution in [0.25, 0.3) is 11.1 Å². The predicted octanol–water partition coefficient (Wildman–Crippen LogP) is 2.76. The predicted molar refractivity (Wildman–Crippen MR) is 130 cm³/mol. The van der Waals surface area contributed by atoms with Crippen LogP contribution in [0.2, 0.25) is 0 Å². The summed E-state index contributed by atoms with van der Waals surface area (Å²) >= 11 is 0. The molecule has 0 radical (unpaired) electrons. The Morgan fingerprint density at radius 1 is 1.09 bits per heavy atom. The van der Waals surface area contributed by atoms with Gasteiger partial charge in [-0.3, -0.25) is 9.36 Å². The van der Waals surface area contributed by atoms with Crippen LogP contribution in [-0.4, -0.2) is 59.3 Å². The number of rotatable bonds is 6. The topological polar surface area (TPSA) is 75.5 Å². The van der Waals surface area contributed by atoms with Crippen molar-refractivity contribution in [3.05, 3.63) is 64.0 Å². The molecule has 2 aliphatic rings. The lowest BCUT2D eigenvalue weighted by molar-refractivity contribution is 0.312. The van der Waals surface area contributed by atoms with Gasteiger partial charge in [-0.2, -0.15) is 0 Å². The summed E-state index contributed by atoms with van der Waals surface area (Å²) in [6.45, 7) is 6.99. The highest BCUT2D eigenvalue weighted by molar-refractivity contribution is 5.63. The molecule has 0 atom stereocenters. The third-order valence-electron chi connectivity index (χ3n) is 6.61. The van der Waals surface area contributed by atoms with Crippen LogP contribution < -0.4 is 20.5 Å². The molecular weight excluding hydrogens is 435 g/mol. The minimum Gasteiger partial charge on any atom is -0.493 e. The largest absolute Gasteiger partial charge is 0.493 e. The lowest BCUT2D eigenvalue weighted by Gasteiger charge is -2.33. The normalized spacial score (nSPS) is 15.8. The zero-order valence-electron chi connectivity index (χ0n) is 19.6. The molecule has 9 heteroatoms. The highest BCUT2D eigenvalue weighted by Crippen LogP contribution is 2.30. The van der Waals surface area contributed by atoms with Crippen molar-refractivity contribution in [2.45, 2.75) is 26.4 Å². The first kappa shape index (κ1) is 22.3. The standard InChI is InChI=1S/C25H29FN6O2/c1-3-32-24(33)19(17-4-7-23(27-14-17)31-11-9-30(2)10-12-31)15-28-25(32)29-16-20-18-8-13-34-22(18)6-5-21(20)26/h4-7,14-15H,3,8-13,16H2,1-2H3,(H,28,29). The molecule has 34 heavy (non-hydrogen) atoms. The highest BCUT2D eigenvalue weighted by atomic mass is 19.1. The fourth-order valence-electron chi connectivity index (χ4n) is 4.57. The number of piperazine rings is 1. The maximum atomic E-state index is 14.5. The SMILES string of the molecule is CCn1c(NCc2c(F)ccc3c2CCO3)ncc(-c2ccc(N3CCN(C)CC3)nc2)c1=O. The smallest absolute Gasteiger partial charge is 0.262 e. The van der Waals surface area contributed by atoms with Gasteiger partial charge in [0.25, 0.3) is 5.56 Å². The summed E-state index contributed by atoms with van der Waals surface area (Å²) in [6.07, 6.45) is 3.98. The Morgan fingerprint density at radius 2 is 1.91 bits per heavy atom. The minimum atomic E-state index is -0.287. The average molecular weight is 465 g/mol. The quantitative estimate of drug-likeness (QED) is 0.601. The summed E-state index contributed by atoms with van der Waals surface area (Å²) in [5, 5.41) is 3.16. The van der Waals surface area contributed by atoms with Crippen molar-refractivity contribution in [3.63, 3.8) is 0 Å². The average Bonchev–Trinajstić information content (AvgIpc) is 3.33. The van der Waals surface area contributed by atoms with E-state index in [1.807, 2.05) is 19.1 Å². The molecule has 178 valence electrons. The molecule has 0 unspecified atom stereocenters. The summed E-state index contributed by atoms with van der Waals surface area (Å²) < 4.78 is 21.6. The summed E-state index contributed by atoms with van der Waals surface area (Å²) in [5.74, 6) is 1.77. The molecule has 0 bridgehead atoms. The van der Waals surface area contributed by atoms with Crippen LogP contribution in [0, 0.1) is 5.82 Å². The molecule has 2 aromatic heterocycles. The molecule has 3 aromatic rings. The Labute approximate surface area is 198 Å². The number of fused-ring (bicyclic) bond motifs is 1. The van der Waals surface area contributed by atoms with Gasteiger partial charge in [0.05, 0.1) is 12.2 Å². The zero-order valence-corrected chi connectivity index (χ0v) is 19.6. The molecule has 0 amide bonds. The van der Waals surface area contributed by atoms with Gasteiger partial charge < -0.3 is 19.9 Å². The van der Waals surface area contributed by atoms with Gasteiger partial charge in [-0.15, -0.1) is 0 Å². The first-order valence-corrected chi connectivity index (χ1v) is 11.7. The Morgan fingerprint density at radius 3 is 2.65 bits per heavy atom. The highest BCUT2D eigenvalue weighted by Gasteiger charge is 2.20. The molecular formula is C25H29FN6O2. The maximum absolute atomic E-state index is 14.5. The minimum absolute atomic E-state index is 0.156. The van der Waals surface area contributed by atoms with Gasteiger partial charge in [-0.1, -0.05) is 0 Å². The maximum Gasteiger partial charge on any atom is 0.262 e. The number of nitrogens with zero attached hydrogens (tertiary/aromatic N) is 5. The first-order chi connectivity index (χ1) is 16.5. The Bertz CT molecular complexity index is 1240. The molecule has 1 saturated heterocycles. The fraction of sp³-hybridized carbons (Fsp3) is 0.400. The number of halogens is 1. The van der Waals surface area contributed by atoms with Crippen molar-refractivity contribution in [2.75, 3.05) is 50.1 Å². The number of nitrogens with one attached hydrogen (secondary N) is 1. The molecule has 5 rings (SSSR count). The van der Waals surface area contributed by atoms with Crippen LogP contribution in [-0.2, 0) is 19.5 Å². The number of ether oxygens (including phenoxy) is 1. The summed E-state index contributed by atoms with van der Waals surface area (Å²) in [5.41, 5.74) is 2.50. The molecule has 1 N–H and O–H groups in total. The number of benzene rings is 1. The van der Waals surface area contributed by atoms with Crippen molar-refractivity contribution >= 4 is 11.8 Å². The molecule has 8 nitrogen and oxygen atoms in total. The Hall–Kier alpha value is -3.46. The van der Waals surface area contributed by atoms with Gasteiger partial charge in [0.1, 0.15) is 17.4 Å². The number of likely N-dealkylation sites (N-methyl/N-ethyl adjacent to an activating group) is 1. The summed E-state index contributed by atoms with van der Waals surface area (Å²) in [7, 11) is 2.12. The van der Waals surface area contributed by atoms with Gasteiger partial charge >= 0.3 is 0 Å². The van der Waals surface area contributed by atoms with E-state index in [1.54, 1.807) is 23.0 Å². The van der Waals surface area contributed by atoms with E-state index in [4.69, 9.17) is 4.74 Å². The molecule has 0 saturated carbocycles. The van der Waals surface area contributed by atoms with Crippen LogP contribution in [0.15, 0.2) is 41.5 Å². The van der Waals surface area contributed by atoms with Crippen LogP contribution >= 0.6 is 0 Å². The third kappa shape index (κ3) is 4.23. The van der Waals surface area contributed by atoms with Crippen LogP contribution in [0.1, 0.15) is 18.1 Å². The number of aromatic nitrogens is 3. The van der Waals surface area contributed by atoms with Crippen LogP contribution in [0.5, 0.6) is 5.75 Å². The number of hydrogen-bond donors (Lipinski definition) is 1. The van der Waals surface area contributed by atoms with E-state index in [0.717, 1.165) is 48.9 Å². The van der Waals surface area contributed by atoms with Gasteiger partial charge in [0.15, 0.2) is 0 Å². The second-order valence-electron chi connectivity index (χ2n) is 8.69. The number of hydrogen-bond acceptors (Lipinski definition) is 7. The Balaban J connectivity index is 1.36. The van der Waals surface area contributed by atoms with Gasteiger partial charge in [0, 0.05) is 74.8 Å². The molecule has 0 spiro atoms. The van der Waals surface area contributed by atoms with Gasteiger partial charge in [-0.25, -0.2) is 14.4 Å². The lowest BCUT2D eigenvalue weighted by Crippen LogP contribution is -2.44. The van der Waals surface area contributed by atoms with E-state index in [2.05, 4.69) is 32.1 Å². The summed E-state index contributed by atoms with van der Waals surface area (Å²) in [6, 6.07) is 6.97. The Kier molecular flexibility index (Phi) is 6.19. The number of pyridine rings is 1. The molecule has 1 aromatic carbocycles. The van der Waals surface area contributed by atoms with Gasteiger partial charge in [-0.05, 0) is 38.2 Å². The van der Waals surface area contributed by atoms with E-state index < -0.39 is 0 Å². The summed E-state index contributed by atoms with van der Waals surface area (Å²) in [4.78, 5) is 26.9. The van der Waals surface area contributed by atoms with E-state index in [1.165, 1.54) is 6.07 Å².